The Labute approximate surface area is 74.6 Å². The van der Waals surface area contributed by atoms with Crippen molar-refractivity contribution in [2.45, 2.75) is 45.6 Å². The summed E-state index contributed by atoms with van der Waals surface area (Å²) in [6.45, 7) is 4.33. The van der Waals surface area contributed by atoms with Gasteiger partial charge < -0.3 is 5.11 Å². The molecule has 0 fully saturated rings. The molecule has 1 N–H and O–H groups in total. The van der Waals surface area contributed by atoms with E-state index in [9.17, 15) is 5.11 Å². The van der Waals surface area contributed by atoms with Crippen molar-refractivity contribution in [3.8, 4) is 0 Å². The van der Waals surface area contributed by atoms with Gasteiger partial charge in [0.05, 0.1) is 6.10 Å². The van der Waals surface area contributed by atoms with E-state index in [2.05, 4.69) is 13.8 Å². The fourth-order valence-electron chi connectivity index (χ4n) is 0.887. The largest absolute Gasteiger partial charge is 0.392 e. The Balaban J connectivity index is 3.02. The molecule has 2 heteroatoms. The smallest absolute Gasteiger partial charge is 0.0630 e. The van der Waals surface area contributed by atoms with Crippen LogP contribution < -0.4 is 0 Å². The monoisotopic (exact) mass is 176 g/mol. The predicted octanol–water partition coefficient (Wildman–Crippen LogP) is 2.68. The molecule has 0 rings (SSSR count). The number of aliphatic hydroxyl groups excluding tert-OH is 1. The molecule has 68 valence electrons. The highest BCUT2D eigenvalue weighted by Gasteiger charge is 2.01. The third-order valence-electron chi connectivity index (χ3n) is 1.55. The topological polar surface area (TPSA) is 20.2 Å². The molecule has 0 saturated heterocycles. The van der Waals surface area contributed by atoms with E-state index in [0.29, 0.717) is 0 Å². The van der Waals surface area contributed by atoms with Crippen molar-refractivity contribution < 1.29 is 5.11 Å². The van der Waals surface area contributed by atoms with E-state index in [1.807, 2.05) is 11.8 Å². The van der Waals surface area contributed by atoms with E-state index in [-0.39, 0.29) is 6.10 Å². The fraction of sp³-hybridized carbons (Fsp3) is 1.00. The average Bonchev–Trinajstić information content (AvgIpc) is 2.01. The first-order valence-electron chi connectivity index (χ1n) is 4.57. The summed E-state index contributed by atoms with van der Waals surface area (Å²) < 4.78 is 0. The van der Waals surface area contributed by atoms with Crippen LogP contribution >= 0.6 is 11.8 Å². The minimum absolute atomic E-state index is 0.0634. The SMILES string of the molecule is CCCCC(O)CSCCC. The zero-order valence-corrected chi connectivity index (χ0v) is 8.49. The van der Waals surface area contributed by atoms with E-state index < -0.39 is 0 Å². The van der Waals surface area contributed by atoms with Gasteiger partial charge in [-0.1, -0.05) is 26.7 Å². The van der Waals surface area contributed by atoms with Crippen molar-refractivity contribution in [2.75, 3.05) is 11.5 Å². The van der Waals surface area contributed by atoms with Gasteiger partial charge in [-0.15, -0.1) is 0 Å². The maximum atomic E-state index is 9.39. The van der Waals surface area contributed by atoms with E-state index in [1.165, 1.54) is 18.6 Å². The second-order valence-electron chi connectivity index (χ2n) is 2.87. The Hall–Kier alpha value is 0.310. The molecule has 0 aromatic heterocycles. The number of hydrogen-bond donors (Lipinski definition) is 1. The summed E-state index contributed by atoms with van der Waals surface area (Å²) in [7, 11) is 0. The highest BCUT2D eigenvalue weighted by atomic mass is 32.2. The number of aliphatic hydroxyl groups is 1. The molecule has 0 saturated carbocycles. The Morgan fingerprint density at radius 3 is 2.55 bits per heavy atom. The number of unbranched alkanes of at least 4 members (excludes halogenated alkanes) is 1. The fourth-order valence-corrected chi connectivity index (χ4v) is 1.78. The highest BCUT2D eigenvalue weighted by molar-refractivity contribution is 7.99. The Morgan fingerprint density at radius 1 is 1.27 bits per heavy atom. The van der Waals surface area contributed by atoms with E-state index >= 15 is 0 Å². The van der Waals surface area contributed by atoms with E-state index in [0.717, 1.165) is 18.6 Å². The van der Waals surface area contributed by atoms with E-state index in [1.54, 1.807) is 0 Å². The summed E-state index contributed by atoms with van der Waals surface area (Å²) >= 11 is 1.86. The van der Waals surface area contributed by atoms with Crippen LogP contribution in [0.4, 0.5) is 0 Å². The van der Waals surface area contributed by atoms with Crippen molar-refractivity contribution >= 4 is 11.8 Å². The van der Waals surface area contributed by atoms with Crippen LogP contribution in [0, 0.1) is 0 Å². The average molecular weight is 176 g/mol. The minimum Gasteiger partial charge on any atom is -0.392 e. The van der Waals surface area contributed by atoms with Crippen LogP contribution in [0.1, 0.15) is 39.5 Å². The highest BCUT2D eigenvalue weighted by Crippen LogP contribution is 2.09. The normalized spacial score (nSPS) is 13.4. The van der Waals surface area contributed by atoms with Gasteiger partial charge in [-0.05, 0) is 18.6 Å². The van der Waals surface area contributed by atoms with Crippen LogP contribution in [0.2, 0.25) is 0 Å². The van der Waals surface area contributed by atoms with Gasteiger partial charge in [0.2, 0.25) is 0 Å². The first kappa shape index (κ1) is 11.3. The third-order valence-corrected chi connectivity index (χ3v) is 2.87. The second kappa shape index (κ2) is 8.41. The van der Waals surface area contributed by atoms with Crippen LogP contribution in [0.15, 0.2) is 0 Å². The summed E-state index contributed by atoms with van der Waals surface area (Å²) in [6, 6.07) is 0. The lowest BCUT2D eigenvalue weighted by atomic mass is 10.2. The molecule has 0 spiro atoms. The molecule has 1 nitrogen and oxygen atoms in total. The molecule has 0 bridgehead atoms. The molecule has 0 radical (unpaired) electrons. The van der Waals surface area contributed by atoms with Crippen molar-refractivity contribution in [1.82, 2.24) is 0 Å². The third kappa shape index (κ3) is 8.21. The molecule has 0 heterocycles. The van der Waals surface area contributed by atoms with Gasteiger partial charge in [0.15, 0.2) is 0 Å². The van der Waals surface area contributed by atoms with Gasteiger partial charge in [-0.3, -0.25) is 0 Å². The zero-order chi connectivity index (χ0) is 8.53. The molecule has 0 amide bonds. The molecule has 11 heavy (non-hydrogen) atoms. The molecule has 1 unspecified atom stereocenters. The van der Waals surface area contributed by atoms with Gasteiger partial charge in [0.25, 0.3) is 0 Å². The van der Waals surface area contributed by atoms with Crippen molar-refractivity contribution in [3.05, 3.63) is 0 Å². The van der Waals surface area contributed by atoms with Gasteiger partial charge in [0, 0.05) is 5.75 Å². The van der Waals surface area contributed by atoms with Crippen LogP contribution in [0.3, 0.4) is 0 Å². The van der Waals surface area contributed by atoms with Crippen LogP contribution in [0.25, 0.3) is 0 Å². The van der Waals surface area contributed by atoms with Gasteiger partial charge >= 0.3 is 0 Å². The van der Waals surface area contributed by atoms with Crippen LogP contribution in [-0.4, -0.2) is 22.7 Å². The summed E-state index contributed by atoms with van der Waals surface area (Å²) in [5.74, 6) is 2.11. The molecule has 0 aliphatic carbocycles. The van der Waals surface area contributed by atoms with Crippen LogP contribution in [0.5, 0.6) is 0 Å². The molecule has 1 atom stereocenters. The molecular weight excluding hydrogens is 156 g/mol. The van der Waals surface area contributed by atoms with Crippen LogP contribution in [-0.2, 0) is 0 Å². The van der Waals surface area contributed by atoms with E-state index in [4.69, 9.17) is 0 Å². The summed E-state index contributed by atoms with van der Waals surface area (Å²) in [5.41, 5.74) is 0. The summed E-state index contributed by atoms with van der Waals surface area (Å²) in [6.07, 6.45) is 4.48. The maximum absolute atomic E-state index is 9.39. The maximum Gasteiger partial charge on any atom is 0.0630 e. The lowest BCUT2D eigenvalue weighted by Gasteiger charge is -2.08. The second-order valence-corrected chi connectivity index (χ2v) is 4.02. The number of rotatable bonds is 7. The quantitative estimate of drug-likeness (QED) is 0.602. The number of hydrogen-bond acceptors (Lipinski definition) is 2. The summed E-state index contributed by atoms with van der Waals surface area (Å²) in [4.78, 5) is 0. The predicted molar refractivity (Wildman–Crippen MR) is 53.1 cm³/mol. The minimum atomic E-state index is -0.0634. The molecule has 0 aliphatic rings. The first-order chi connectivity index (χ1) is 5.31. The standard InChI is InChI=1S/C9H20OS/c1-3-5-6-9(10)8-11-7-4-2/h9-10H,3-8H2,1-2H3. The zero-order valence-electron chi connectivity index (χ0n) is 7.68. The Morgan fingerprint density at radius 2 is 2.00 bits per heavy atom. The molecule has 0 aromatic rings. The van der Waals surface area contributed by atoms with Gasteiger partial charge in [-0.25, -0.2) is 0 Å². The van der Waals surface area contributed by atoms with Gasteiger partial charge in [0.1, 0.15) is 0 Å². The summed E-state index contributed by atoms with van der Waals surface area (Å²) in [5, 5.41) is 9.39. The van der Waals surface area contributed by atoms with Crippen molar-refractivity contribution in [2.24, 2.45) is 0 Å². The number of thioether (sulfide) groups is 1. The Kier molecular flexibility index (Phi) is 8.64. The molecular formula is C9H20OS. The van der Waals surface area contributed by atoms with Crippen molar-refractivity contribution in [1.29, 1.82) is 0 Å². The lowest BCUT2D eigenvalue weighted by molar-refractivity contribution is 0.186. The Bertz CT molecular complexity index is 76.0. The molecule has 0 aromatic carbocycles. The van der Waals surface area contributed by atoms with Gasteiger partial charge in [-0.2, -0.15) is 11.8 Å². The first-order valence-corrected chi connectivity index (χ1v) is 5.72. The molecule has 0 aliphatic heterocycles. The lowest BCUT2D eigenvalue weighted by Crippen LogP contribution is -2.09. The van der Waals surface area contributed by atoms with Crippen molar-refractivity contribution in [3.63, 3.8) is 0 Å².